The SMILES string of the molecule is COc1ncccc1-c1nc2cc(Cl)ccn2c1C. The number of halogens is 1. The van der Waals surface area contributed by atoms with Gasteiger partial charge in [-0.15, -0.1) is 0 Å². The molecule has 0 amide bonds. The fraction of sp³-hybridized carbons (Fsp3) is 0.143. The first-order valence-electron chi connectivity index (χ1n) is 5.84. The summed E-state index contributed by atoms with van der Waals surface area (Å²) in [6, 6.07) is 7.49. The van der Waals surface area contributed by atoms with Crippen LogP contribution in [-0.4, -0.2) is 21.5 Å². The van der Waals surface area contributed by atoms with Crippen molar-refractivity contribution in [1.82, 2.24) is 14.4 Å². The van der Waals surface area contributed by atoms with Gasteiger partial charge in [0.15, 0.2) is 0 Å². The molecule has 0 unspecified atom stereocenters. The van der Waals surface area contributed by atoms with Crippen LogP contribution in [0.3, 0.4) is 0 Å². The van der Waals surface area contributed by atoms with Crippen LogP contribution in [0.4, 0.5) is 0 Å². The van der Waals surface area contributed by atoms with Crippen molar-refractivity contribution < 1.29 is 4.74 Å². The highest BCUT2D eigenvalue weighted by Gasteiger charge is 2.14. The van der Waals surface area contributed by atoms with Crippen LogP contribution in [-0.2, 0) is 0 Å². The molecule has 3 heterocycles. The molecule has 0 aromatic carbocycles. The Bertz CT molecular complexity index is 752. The zero-order chi connectivity index (χ0) is 13.4. The summed E-state index contributed by atoms with van der Waals surface area (Å²) < 4.78 is 7.28. The van der Waals surface area contributed by atoms with E-state index in [0.717, 1.165) is 22.6 Å². The molecule has 0 spiro atoms. The van der Waals surface area contributed by atoms with Crippen LogP contribution in [0.25, 0.3) is 16.9 Å². The Kier molecular flexibility index (Phi) is 2.87. The van der Waals surface area contributed by atoms with Gasteiger partial charge in [-0.3, -0.25) is 0 Å². The summed E-state index contributed by atoms with van der Waals surface area (Å²) in [5.41, 5.74) is 3.57. The number of aryl methyl sites for hydroxylation is 1. The molecule has 0 aliphatic rings. The lowest BCUT2D eigenvalue weighted by Crippen LogP contribution is -1.92. The van der Waals surface area contributed by atoms with Gasteiger partial charge in [0.1, 0.15) is 5.65 Å². The number of nitrogens with zero attached hydrogens (tertiary/aromatic N) is 3. The van der Waals surface area contributed by atoms with Gasteiger partial charge < -0.3 is 9.14 Å². The first-order valence-corrected chi connectivity index (χ1v) is 6.22. The van der Waals surface area contributed by atoms with Crippen molar-refractivity contribution in [3.63, 3.8) is 0 Å². The molecule has 0 fully saturated rings. The molecule has 3 aromatic rings. The zero-order valence-corrected chi connectivity index (χ0v) is 11.3. The molecule has 0 bridgehead atoms. The van der Waals surface area contributed by atoms with Gasteiger partial charge in [0.05, 0.1) is 18.4 Å². The Morgan fingerprint density at radius 3 is 2.95 bits per heavy atom. The third-order valence-corrected chi connectivity index (χ3v) is 3.28. The van der Waals surface area contributed by atoms with E-state index in [1.54, 1.807) is 13.3 Å². The molecule has 0 radical (unpaired) electrons. The van der Waals surface area contributed by atoms with Crippen LogP contribution >= 0.6 is 11.6 Å². The number of fused-ring (bicyclic) bond motifs is 1. The number of aromatic nitrogens is 3. The predicted molar refractivity (Wildman–Crippen MR) is 74.7 cm³/mol. The van der Waals surface area contributed by atoms with Crippen molar-refractivity contribution in [3.05, 3.63) is 47.4 Å². The van der Waals surface area contributed by atoms with E-state index in [2.05, 4.69) is 9.97 Å². The Morgan fingerprint density at radius 2 is 2.16 bits per heavy atom. The number of ether oxygens (including phenoxy) is 1. The van der Waals surface area contributed by atoms with Gasteiger partial charge in [-0.2, -0.15) is 0 Å². The van der Waals surface area contributed by atoms with Crippen LogP contribution in [0.1, 0.15) is 5.69 Å². The fourth-order valence-corrected chi connectivity index (χ4v) is 2.29. The second-order valence-corrected chi connectivity index (χ2v) is 4.62. The summed E-state index contributed by atoms with van der Waals surface area (Å²) in [6.45, 7) is 2.01. The zero-order valence-electron chi connectivity index (χ0n) is 10.6. The smallest absolute Gasteiger partial charge is 0.222 e. The average Bonchev–Trinajstić information content (AvgIpc) is 2.75. The first kappa shape index (κ1) is 12.0. The van der Waals surface area contributed by atoms with E-state index < -0.39 is 0 Å². The highest BCUT2D eigenvalue weighted by atomic mass is 35.5. The van der Waals surface area contributed by atoms with Gasteiger partial charge >= 0.3 is 0 Å². The van der Waals surface area contributed by atoms with Gasteiger partial charge in [-0.25, -0.2) is 9.97 Å². The Hall–Kier alpha value is -2.07. The monoisotopic (exact) mass is 273 g/mol. The van der Waals surface area contributed by atoms with E-state index in [0.29, 0.717) is 10.9 Å². The number of hydrogen-bond acceptors (Lipinski definition) is 3. The van der Waals surface area contributed by atoms with Crippen LogP contribution in [0.15, 0.2) is 36.7 Å². The van der Waals surface area contributed by atoms with Crippen LogP contribution in [0.2, 0.25) is 5.02 Å². The summed E-state index contributed by atoms with van der Waals surface area (Å²) in [5, 5.41) is 0.669. The van der Waals surface area contributed by atoms with Gasteiger partial charge in [-0.1, -0.05) is 11.6 Å². The van der Waals surface area contributed by atoms with Crippen molar-refractivity contribution >= 4 is 17.2 Å². The maximum atomic E-state index is 5.99. The molecule has 0 N–H and O–H groups in total. The molecule has 3 rings (SSSR count). The van der Waals surface area contributed by atoms with Crippen LogP contribution in [0.5, 0.6) is 5.88 Å². The van der Waals surface area contributed by atoms with Gasteiger partial charge in [-0.05, 0) is 25.1 Å². The Morgan fingerprint density at radius 1 is 1.32 bits per heavy atom. The van der Waals surface area contributed by atoms with Crippen LogP contribution in [0, 0.1) is 6.92 Å². The lowest BCUT2D eigenvalue weighted by Gasteiger charge is -2.05. The summed E-state index contributed by atoms with van der Waals surface area (Å²) in [4.78, 5) is 8.82. The summed E-state index contributed by atoms with van der Waals surface area (Å²) in [6.07, 6.45) is 3.61. The van der Waals surface area contributed by atoms with Crippen molar-refractivity contribution in [2.75, 3.05) is 7.11 Å². The highest BCUT2D eigenvalue weighted by Crippen LogP contribution is 2.30. The van der Waals surface area contributed by atoms with Crippen molar-refractivity contribution in [3.8, 4) is 17.1 Å². The highest BCUT2D eigenvalue weighted by molar-refractivity contribution is 6.30. The third kappa shape index (κ3) is 1.94. The van der Waals surface area contributed by atoms with Gasteiger partial charge in [0.2, 0.25) is 5.88 Å². The topological polar surface area (TPSA) is 39.4 Å². The minimum absolute atomic E-state index is 0.570. The Labute approximate surface area is 115 Å². The molecule has 96 valence electrons. The normalized spacial score (nSPS) is 10.9. The van der Waals surface area contributed by atoms with Gasteiger partial charge in [0, 0.05) is 29.2 Å². The maximum Gasteiger partial charge on any atom is 0.222 e. The van der Waals surface area contributed by atoms with E-state index in [9.17, 15) is 0 Å². The number of pyridine rings is 2. The number of methoxy groups -OCH3 is 1. The van der Waals surface area contributed by atoms with Crippen molar-refractivity contribution in [2.45, 2.75) is 6.92 Å². The van der Waals surface area contributed by atoms with Gasteiger partial charge in [0.25, 0.3) is 0 Å². The first-order chi connectivity index (χ1) is 9.20. The Balaban J connectivity index is 2.28. The second kappa shape index (κ2) is 4.55. The molecular weight excluding hydrogens is 262 g/mol. The minimum Gasteiger partial charge on any atom is -0.481 e. The molecule has 4 nitrogen and oxygen atoms in total. The predicted octanol–water partition coefficient (Wildman–Crippen LogP) is 3.37. The average molecular weight is 274 g/mol. The molecule has 0 atom stereocenters. The third-order valence-electron chi connectivity index (χ3n) is 3.05. The second-order valence-electron chi connectivity index (χ2n) is 4.18. The van der Waals surface area contributed by atoms with E-state index in [-0.39, 0.29) is 0 Å². The molecular formula is C14H12ClN3O. The number of rotatable bonds is 2. The van der Waals surface area contributed by atoms with E-state index >= 15 is 0 Å². The van der Waals surface area contributed by atoms with E-state index in [1.165, 1.54) is 0 Å². The van der Waals surface area contributed by atoms with Crippen molar-refractivity contribution in [1.29, 1.82) is 0 Å². The molecule has 0 aliphatic heterocycles. The van der Waals surface area contributed by atoms with Crippen molar-refractivity contribution in [2.24, 2.45) is 0 Å². The molecule has 3 aromatic heterocycles. The lowest BCUT2D eigenvalue weighted by molar-refractivity contribution is 0.399. The van der Waals surface area contributed by atoms with E-state index in [4.69, 9.17) is 16.3 Å². The molecule has 19 heavy (non-hydrogen) atoms. The number of imidazole rings is 1. The molecule has 5 heteroatoms. The fourth-order valence-electron chi connectivity index (χ4n) is 2.13. The number of hydrogen-bond donors (Lipinski definition) is 0. The molecule has 0 saturated heterocycles. The largest absolute Gasteiger partial charge is 0.481 e. The molecule has 0 saturated carbocycles. The summed E-state index contributed by atoms with van der Waals surface area (Å²) in [7, 11) is 1.60. The van der Waals surface area contributed by atoms with Crippen LogP contribution < -0.4 is 4.74 Å². The standard InChI is InChI=1S/C14H12ClN3O/c1-9-13(11-4-3-6-16-14(11)19-2)17-12-8-10(15)5-7-18(9)12/h3-8H,1-2H3. The minimum atomic E-state index is 0.570. The summed E-state index contributed by atoms with van der Waals surface area (Å²) >= 11 is 5.99. The molecule has 0 aliphatic carbocycles. The maximum absolute atomic E-state index is 5.99. The van der Waals surface area contributed by atoms with E-state index in [1.807, 2.05) is 41.8 Å². The lowest BCUT2D eigenvalue weighted by atomic mass is 10.1. The quantitative estimate of drug-likeness (QED) is 0.719. The summed E-state index contributed by atoms with van der Waals surface area (Å²) in [5.74, 6) is 0.570.